The van der Waals surface area contributed by atoms with Crippen LogP contribution in [0.1, 0.15) is 5.56 Å². The molecule has 0 N–H and O–H groups in total. The standard InChI is InChI=1S/C11H8BrIOS/c12-11-8(5-6-15-11)7-14-10-3-1-9(13)2-4-10/h1-6H,7H2. The van der Waals surface area contributed by atoms with Crippen LogP contribution in [-0.4, -0.2) is 0 Å². The van der Waals surface area contributed by atoms with Gasteiger partial charge in [-0.05, 0) is 74.2 Å². The summed E-state index contributed by atoms with van der Waals surface area (Å²) in [5, 5.41) is 2.05. The average molecular weight is 395 g/mol. The molecule has 1 nitrogen and oxygen atoms in total. The Morgan fingerprint density at radius 1 is 1.20 bits per heavy atom. The summed E-state index contributed by atoms with van der Waals surface area (Å²) in [5.41, 5.74) is 1.19. The van der Waals surface area contributed by atoms with Crippen molar-refractivity contribution in [2.75, 3.05) is 0 Å². The van der Waals surface area contributed by atoms with Crippen LogP contribution < -0.4 is 4.74 Å². The summed E-state index contributed by atoms with van der Waals surface area (Å²) < 4.78 is 8.02. The summed E-state index contributed by atoms with van der Waals surface area (Å²) in [5.74, 6) is 0.911. The number of ether oxygens (including phenoxy) is 1. The molecule has 15 heavy (non-hydrogen) atoms. The lowest BCUT2D eigenvalue weighted by atomic mass is 10.3. The molecule has 0 spiro atoms. The van der Waals surface area contributed by atoms with E-state index in [2.05, 4.69) is 50.0 Å². The van der Waals surface area contributed by atoms with Gasteiger partial charge in [0, 0.05) is 9.13 Å². The maximum Gasteiger partial charge on any atom is 0.119 e. The third-order valence-electron chi connectivity index (χ3n) is 1.90. The number of thiophene rings is 1. The Balaban J connectivity index is 1.99. The summed E-state index contributed by atoms with van der Waals surface area (Å²) in [7, 11) is 0. The van der Waals surface area contributed by atoms with E-state index in [1.165, 1.54) is 9.13 Å². The van der Waals surface area contributed by atoms with Crippen molar-refractivity contribution < 1.29 is 4.74 Å². The summed E-state index contributed by atoms with van der Waals surface area (Å²) in [4.78, 5) is 0. The first kappa shape index (κ1) is 11.4. The van der Waals surface area contributed by atoms with E-state index in [1.807, 2.05) is 24.3 Å². The van der Waals surface area contributed by atoms with Crippen LogP contribution >= 0.6 is 49.9 Å². The lowest BCUT2D eigenvalue weighted by Gasteiger charge is -2.05. The van der Waals surface area contributed by atoms with E-state index >= 15 is 0 Å². The molecule has 4 heteroatoms. The minimum Gasteiger partial charge on any atom is -0.489 e. The Labute approximate surface area is 115 Å². The lowest BCUT2D eigenvalue weighted by Crippen LogP contribution is -1.93. The van der Waals surface area contributed by atoms with Gasteiger partial charge in [0.1, 0.15) is 12.4 Å². The monoisotopic (exact) mass is 394 g/mol. The first-order valence-electron chi connectivity index (χ1n) is 4.36. The van der Waals surface area contributed by atoms with Gasteiger partial charge in [-0.1, -0.05) is 0 Å². The second kappa shape index (κ2) is 5.32. The molecular formula is C11H8BrIOS. The molecule has 0 aliphatic heterocycles. The fourth-order valence-corrected chi connectivity index (χ4v) is 2.67. The van der Waals surface area contributed by atoms with Gasteiger partial charge in [-0.25, -0.2) is 0 Å². The van der Waals surface area contributed by atoms with Gasteiger partial charge in [0.2, 0.25) is 0 Å². The van der Waals surface area contributed by atoms with E-state index in [0.717, 1.165) is 9.54 Å². The van der Waals surface area contributed by atoms with Crippen molar-refractivity contribution >= 4 is 49.9 Å². The van der Waals surface area contributed by atoms with Gasteiger partial charge in [0.25, 0.3) is 0 Å². The highest BCUT2D eigenvalue weighted by Gasteiger charge is 2.01. The summed E-state index contributed by atoms with van der Waals surface area (Å²) in [6.45, 7) is 0.616. The molecule has 0 atom stereocenters. The molecule has 0 aliphatic rings. The molecule has 0 saturated heterocycles. The van der Waals surface area contributed by atoms with E-state index < -0.39 is 0 Å². The Hall–Kier alpha value is -0.0700. The highest BCUT2D eigenvalue weighted by atomic mass is 127. The summed E-state index contributed by atoms with van der Waals surface area (Å²) in [6.07, 6.45) is 0. The Kier molecular flexibility index (Phi) is 4.05. The van der Waals surface area contributed by atoms with Gasteiger partial charge in [-0.2, -0.15) is 0 Å². The minimum atomic E-state index is 0.616. The van der Waals surface area contributed by atoms with Crippen LogP contribution in [0.15, 0.2) is 39.5 Å². The third kappa shape index (κ3) is 3.19. The third-order valence-corrected chi connectivity index (χ3v) is 4.43. The number of hydrogen-bond acceptors (Lipinski definition) is 2. The largest absolute Gasteiger partial charge is 0.489 e. The molecule has 1 aromatic heterocycles. The molecule has 0 unspecified atom stereocenters. The Morgan fingerprint density at radius 2 is 1.93 bits per heavy atom. The zero-order valence-electron chi connectivity index (χ0n) is 7.74. The van der Waals surface area contributed by atoms with Crippen LogP contribution in [0.25, 0.3) is 0 Å². The van der Waals surface area contributed by atoms with Gasteiger partial charge in [-0.3, -0.25) is 0 Å². The molecular weight excluding hydrogens is 387 g/mol. The van der Waals surface area contributed by atoms with Crippen LogP contribution in [0.4, 0.5) is 0 Å². The molecule has 1 heterocycles. The molecule has 0 radical (unpaired) electrons. The molecule has 78 valence electrons. The van der Waals surface area contributed by atoms with Crippen molar-refractivity contribution in [3.63, 3.8) is 0 Å². The lowest BCUT2D eigenvalue weighted by molar-refractivity contribution is 0.306. The summed E-state index contributed by atoms with van der Waals surface area (Å²) >= 11 is 7.45. The zero-order valence-corrected chi connectivity index (χ0v) is 12.3. The number of benzene rings is 1. The van der Waals surface area contributed by atoms with Crippen molar-refractivity contribution in [1.29, 1.82) is 0 Å². The average Bonchev–Trinajstić information content (AvgIpc) is 2.63. The topological polar surface area (TPSA) is 9.23 Å². The van der Waals surface area contributed by atoms with Crippen LogP contribution in [0.5, 0.6) is 5.75 Å². The summed E-state index contributed by atoms with van der Waals surface area (Å²) in [6, 6.07) is 10.1. The van der Waals surface area contributed by atoms with Crippen LogP contribution in [0.2, 0.25) is 0 Å². The molecule has 2 aromatic rings. The molecule has 0 aliphatic carbocycles. The fraction of sp³-hybridized carbons (Fsp3) is 0.0909. The predicted molar refractivity (Wildman–Crippen MR) is 75.5 cm³/mol. The quantitative estimate of drug-likeness (QED) is 0.686. The highest BCUT2D eigenvalue weighted by molar-refractivity contribution is 14.1. The van der Waals surface area contributed by atoms with Gasteiger partial charge in [0.05, 0.1) is 3.79 Å². The molecule has 1 aromatic carbocycles. The SMILES string of the molecule is Brc1sccc1COc1ccc(I)cc1. The van der Waals surface area contributed by atoms with Crippen LogP contribution in [0, 0.1) is 3.57 Å². The molecule has 0 saturated carbocycles. The Morgan fingerprint density at radius 3 is 2.53 bits per heavy atom. The van der Waals surface area contributed by atoms with Crippen molar-refractivity contribution in [1.82, 2.24) is 0 Å². The minimum absolute atomic E-state index is 0.616. The number of halogens is 2. The van der Waals surface area contributed by atoms with Crippen molar-refractivity contribution in [2.45, 2.75) is 6.61 Å². The van der Waals surface area contributed by atoms with Gasteiger partial charge in [0.15, 0.2) is 0 Å². The molecule has 0 fully saturated rings. The van der Waals surface area contributed by atoms with E-state index in [4.69, 9.17) is 4.74 Å². The van der Waals surface area contributed by atoms with Gasteiger partial charge in [-0.15, -0.1) is 11.3 Å². The number of hydrogen-bond donors (Lipinski definition) is 0. The molecule has 0 amide bonds. The maximum atomic E-state index is 5.66. The normalized spacial score (nSPS) is 10.3. The van der Waals surface area contributed by atoms with E-state index in [9.17, 15) is 0 Å². The zero-order chi connectivity index (χ0) is 10.7. The fourth-order valence-electron chi connectivity index (χ4n) is 1.11. The maximum absolute atomic E-state index is 5.66. The van der Waals surface area contributed by atoms with E-state index in [0.29, 0.717) is 6.61 Å². The Bertz CT molecular complexity index is 438. The van der Waals surface area contributed by atoms with Crippen LogP contribution in [-0.2, 0) is 6.61 Å². The van der Waals surface area contributed by atoms with Crippen LogP contribution in [0.3, 0.4) is 0 Å². The number of rotatable bonds is 3. The van der Waals surface area contributed by atoms with Crippen molar-refractivity contribution in [3.05, 3.63) is 48.6 Å². The van der Waals surface area contributed by atoms with E-state index in [1.54, 1.807) is 11.3 Å². The first-order chi connectivity index (χ1) is 7.25. The predicted octanol–water partition coefficient (Wildman–Crippen LogP) is 4.69. The molecule has 2 rings (SSSR count). The second-order valence-corrected chi connectivity index (χ2v) is 6.44. The van der Waals surface area contributed by atoms with Crippen molar-refractivity contribution in [2.24, 2.45) is 0 Å². The second-order valence-electron chi connectivity index (χ2n) is 2.96. The smallest absolute Gasteiger partial charge is 0.119 e. The van der Waals surface area contributed by atoms with Gasteiger partial charge < -0.3 is 4.74 Å². The van der Waals surface area contributed by atoms with Crippen molar-refractivity contribution in [3.8, 4) is 5.75 Å². The van der Waals surface area contributed by atoms with Gasteiger partial charge >= 0.3 is 0 Å². The van der Waals surface area contributed by atoms with E-state index in [-0.39, 0.29) is 0 Å². The highest BCUT2D eigenvalue weighted by Crippen LogP contribution is 2.25. The first-order valence-corrected chi connectivity index (χ1v) is 7.11. The molecule has 0 bridgehead atoms.